The van der Waals surface area contributed by atoms with Gasteiger partial charge in [-0.15, -0.1) is 0 Å². The largest absolute Gasteiger partial charge is 0.342 e. The van der Waals surface area contributed by atoms with Gasteiger partial charge in [0.15, 0.2) is 0 Å². The highest BCUT2D eigenvalue weighted by Gasteiger charge is 2.16. The first-order valence-electron chi connectivity index (χ1n) is 7.37. The maximum absolute atomic E-state index is 11.3. The first-order valence-corrected chi connectivity index (χ1v) is 7.37. The van der Waals surface area contributed by atoms with Gasteiger partial charge in [0.25, 0.3) is 0 Å². The van der Waals surface area contributed by atoms with Crippen LogP contribution in [0.2, 0.25) is 0 Å². The molecule has 1 aromatic heterocycles. The van der Waals surface area contributed by atoms with Gasteiger partial charge in [0.05, 0.1) is 6.54 Å². The molecule has 0 aromatic carbocycles. The summed E-state index contributed by atoms with van der Waals surface area (Å²) in [6, 6.07) is 1.99. The Kier molecular flexibility index (Phi) is 5.07. The summed E-state index contributed by atoms with van der Waals surface area (Å²) in [4.78, 5) is 24.4. The second kappa shape index (κ2) is 6.80. The summed E-state index contributed by atoms with van der Waals surface area (Å²) in [5.74, 6) is 0.985. The second-order valence-electron chi connectivity index (χ2n) is 5.80. The second-order valence-corrected chi connectivity index (χ2v) is 5.80. The molecule has 1 aliphatic rings. The maximum Gasteiger partial charge on any atom is 0.219 e. The number of aryl methyl sites for hydroxylation is 2. The number of amides is 1. The molecule has 0 saturated heterocycles. The van der Waals surface area contributed by atoms with Crippen LogP contribution in [0.4, 0.5) is 0 Å². The van der Waals surface area contributed by atoms with Crippen molar-refractivity contribution in [2.24, 2.45) is 0 Å². The molecule has 0 fully saturated rings. The summed E-state index contributed by atoms with van der Waals surface area (Å²) in [7, 11) is 1.84. The van der Waals surface area contributed by atoms with Gasteiger partial charge in [-0.1, -0.05) is 6.08 Å². The molecular weight excluding hydrogens is 264 g/mol. The van der Waals surface area contributed by atoms with Gasteiger partial charge in [-0.05, 0) is 31.9 Å². The van der Waals surface area contributed by atoms with E-state index in [1.54, 1.807) is 11.8 Å². The smallest absolute Gasteiger partial charge is 0.219 e. The van der Waals surface area contributed by atoms with E-state index in [9.17, 15) is 4.79 Å². The highest BCUT2D eigenvalue weighted by Crippen LogP contribution is 2.13. The molecule has 21 heavy (non-hydrogen) atoms. The minimum atomic E-state index is 0.102. The van der Waals surface area contributed by atoms with Gasteiger partial charge in [0.1, 0.15) is 5.82 Å². The quantitative estimate of drug-likeness (QED) is 0.791. The Morgan fingerprint density at radius 1 is 1.33 bits per heavy atom. The topological polar surface area (TPSA) is 49.3 Å². The van der Waals surface area contributed by atoms with Gasteiger partial charge in [0, 0.05) is 45.0 Å². The summed E-state index contributed by atoms with van der Waals surface area (Å²) >= 11 is 0. The molecule has 0 saturated carbocycles. The van der Waals surface area contributed by atoms with Gasteiger partial charge >= 0.3 is 0 Å². The van der Waals surface area contributed by atoms with Crippen molar-refractivity contribution in [1.82, 2.24) is 19.8 Å². The van der Waals surface area contributed by atoms with Crippen LogP contribution in [0.25, 0.3) is 0 Å². The normalized spacial score (nSPS) is 15.7. The lowest BCUT2D eigenvalue weighted by molar-refractivity contribution is -0.127. The number of likely N-dealkylation sites (N-methyl/N-ethyl adjacent to an activating group) is 1. The fraction of sp³-hybridized carbons (Fsp3) is 0.562. The molecule has 2 heterocycles. The number of aromatic nitrogens is 2. The van der Waals surface area contributed by atoms with Crippen LogP contribution in [0.1, 0.15) is 30.6 Å². The molecule has 1 aromatic rings. The van der Waals surface area contributed by atoms with Crippen LogP contribution >= 0.6 is 0 Å². The van der Waals surface area contributed by atoms with E-state index in [0.717, 1.165) is 43.3 Å². The molecule has 5 heteroatoms. The van der Waals surface area contributed by atoms with Gasteiger partial charge in [-0.2, -0.15) is 0 Å². The van der Waals surface area contributed by atoms with Crippen LogP contribution in [0, 0.1) is 13.8 Å². The molecule has 0 atom stereocenters. The Balaban J connectivity index is 1.97. The minimum Gasteiger partial charge on any atom is -0.342 e. The van der Waals surface area contributed by atoms with Crippen LogP contribution < -0.4 is 0 Å². The molecule has 5 nitrogen and oxygen atoms in total. The fourth-order valence-corrected chi connectivity index (χ4v) is 2.62. The molecule has 1 aliphatic heterocycles. The Hall–Kier alpha value is -1.75. The first kappa shape index (κ1) is 15.6. The molecule has 0 N–H and O–H groups in total. The Morgan fingerprint density at radius 3 is 2.62 bits per heavy atom. The molecule has 1 amide bonds. The molecule has 114 valence electrons. The lowest BCUT2D eigenvalue weighted by atomic mass is 10.1. The Morgan fingerprint density at radius 2 is 2.00 bits per heavy atom. The number of hydrogen-bond donors (Lipinski definition) is 0. The SMILES string of the molecule is CC(=O)N(C)CC1=CCCN(Cc2nc(C)cc(C)n2)C1. The predicted molar refractivity (Wildman–Crippen MR) is 82.8 cm³/mol. The number of hydrogen-bond acceptors (Lipinski definition) is 4. The van der Waals surface area contributed by atoms with E-state index in [2.05, 4.69) is 20.9 Å². The van der Waals surface area contributed by atoms with Crippen molar-refractivity contribution in [1.29, 1.82) is 0 Å². The number of carbonyl (C=O) groups is 1. The van der Waals surface area contributed by atoms with E-state index in [1.807, 2.05) is 27.0 Å². The lowest BCUT2D eigenvalue weighted by Gasteiger charge is -2.28. The van der Waals surface area contributed by atoms with Gasteiger partial charge < -0.3 is 4.90 Å². The molecule has 0 unspecified atom stereocenters. The standard InChI is InChI=1S/C16H24N4O/c1-12-8-13(2)18-16(17-12)11-20-7-5-6-15(10-20)9-19(4)14(3)21/h6,8H,5,7,9-11H2,1-4H3. The van der Waals surface area contributed by atoms with Crippen molar-refractivity contribution in [3.8, 4) is 0 Å². The molecule has 0 spiro atoms. The summed E-state index contributed by atoms with van der Waals surface area (Å²) in [5.41, 5.74) is 3.33. The molecule has 0 bridgehead atoms. The molecule has 0 aliphatic carbocycles. The van der Waals surface area contributed by atoms with Crippen LogP contribution in [-0.4, -0.2) is 52.4 Å². The average molecular weight is 288 g/mol. The van der Waals surface area contributed by atoms with Gasteiger partial charge in [-0.3, -0.25) is 9.69 Å². The van der Waals surface area contributed by atoms with Crippen LogP contribution in [0.5, 0.6) is 0 Å². The molecule has 2 rings (SSSR count). The highest BCUT2D eigenvalue weighted by atomic mass is 16.2. The zero-order chi connectivity index (χ0) is 15.4. The van der Waals surface area contributed by atoms with Crippen LogP contribution in [0.15, 0.2) is 17.7 Å². The summed E-state index contributed by atoms with van der Waals surface area (Å²) in [6.45, 7) is 8.98. The molecule has 0 radical (unpaired) electrons. The van der Waals surface area contributed by atoms with E-state index < -0.39 is 0 Å². The molecular formula is C16H24N4O. The third kappa shape index (κ3) is 4.63. The highest BCUT2D eigenvalue weighted by molar-refractivity contribution is 5.73. The van der Waals surface area contributed by atoms with Crippen LogP contribution in [-0.2, 0) is 11.3 Å². The Labute approximate surface area is 126 Å². The van der Waals surface area contributed by atoms with Crippen molar-refractivity contribution in [2.75, 3.05) is 26.7 Å². The van der Waals surface area contributed by atoms with Crippen molar-refractivity contribution in [3.63, 3.8) is 0 Å². The van der Waals surface area contributed by atoms with Gasteiger partial charge in [-0.25, -0.2) is 9.97 Å². The number of rotatable bonds is 4. The van der Waals surface area contributed by atoms with E-state index in [0.29, 0.717) is 6.54 Å². The zero-order valence-electron chi connectivity index (χ0n) is 13.4. The third-order valence-corrected chi connectivity index (χ3v) is 3.68. The fourth-order valence-electron chi connectivity index (χ4n) is 2.62. The lowest BCUT2D eigenvalue weighted by Crippen LogP contribution is -2.35. The van der Waals surface area contributed by atoms with E-state index in [-0.39, 0.29) is 5.91 Å². The summed E-state index contributed by atoms with van der Waals surface area (Å²) < 4.78 is 0. The monoisotopic (exact) mass is 288 g/mol. The van der Waals surface area contributed by atoms with Crippen molar-refractivity contribution >= 4 is 5.91 Å². The minimum absolute atomic E-state index is 0.102. The van der Waals surface area contributed by atoms with Crippen molar-refractivity contribution in [3.05, 3.63) is 34.9 Å². The average Bonchev–Trinajstić information content (AvgIpc) is 2.37. The van der Waals surface area contributed by atoms with Crippen molar-refractivity contribution < 1.29 is 4.79 Å². The summed E-state index contributed by atoms with van der Waals surface area (Å²) in [5, 5.41) is 0. The van der Waals surface area contributed by atoms with E-state index in [1.165, 1.54) is 5.57 Å². The maximum atomic E-state index is 11.3. The first-order chi connectivity index (χ1) is 9.94. The van der Waals surface area contributed by atoms with E-state index in [4.69, 9.17) is 0 Å². The van der Waals surface area contributed by atoms with E-state index >= 15 is 0 Å². The van der Waals surface area contributed by atoms with Crippen molar-refractivity contribution in [2.45, 2.75) is 33.7 Å². The zero-order valence-corrected chi connectivity index (χ0v) is 13.4. The summed E-state index contributed by atoms with van der Waals surface area (Å²) in [6.07, 6.45) is 3.27. The predicted octanol–water partition coefficient (Wildman–Crippen LogP) is 1.70. The van der Waals surface area contributed by atoms with Gasteiger partial charge in [0.2, 0.25) is 5.91 Å². The van der Waals surface area contributed by atoms with Crippen LogP contribution in [0.3, 0.4) is 0 Å². The third-order valence-electron chi connectivity index (χ3n) is 3.68. The Bertz CT molecular complexity index is 533. The number of nitrogens with zero attached hydrogens (tertiary/aromatic N) is 4. The number of carbonyl (C=O) groups excluding carboxylic acids is 1.